The number of halogens is 3. The second kappa shape index (κ2) is 9.68. The molecule has 0 unspecified atom stereocenters. The summed E-state index contributed by atoms with van der Waals surface area (Å²) in [7, 11) is 1.65. The minimum absolute atomic E-state index is 0. The number of ether oxygens (including phenoxy) is 2. The van der Waals surface area contributed by atoms with Gasteiger partial charge in [-0.25, -0.2) is 0 Å². The van der Waals surface area contributed by atoms with Crippen LogP contribution in [-0.4, -0.2) is 39.2 Å². The van der Waals surface area contributed by atoms with Crippen LogP contribution in [0.1, 0.15) is 5.56 Å². The van der Waals surface area contributed by atoms with Crippen LogP contribution in [0.2, 0.25) is 10.0 Å². The zero-order valence-electron chi connectivity index (χ0n) is 15.9. The lowest BCUT2D eigenvalue weighted by Crippen LogP contribution is -2.21. The van der Waals surface area contributed by atoms with E-state index in [1.54, 1.807) is 13.2 Å². The van der Waals surface area contributed by atoms with Gasteiger partial charge < -0.3 is 14.8 Å². The van der Waals surface area contributed by atoms with E-state index in [-0.39, 0.29) is 12.4 Å². The average Bonchev–Trinajstić information content (AvgIpc) is 3.24. The smallest absolute Gasteiger partial charge is 0.138 e. The van der Waals surface area contributed by atoms with Crippen molar-refractivity contribution < 1.29 is 9.47 Å². The monoisotopic (exact) mass is 450 g/mol. The molecule has 7 heteroatoms. The molecule has 4 nitrogen and oxygen atoms in total. The molecule has 1 heterocycles. The molecular formula is C22H21Cl3N2O2. The summed E-state index contributed by atoms with van der Waals surface area (Å²) in [6.07, 6.45) is 0. The first-order valence-electron chi connectivity index (χ1n) is 9.11. The molecule has 0 bridgehead atoms. The van der Waals surface area contributed by atoms with Gasteiger partial charge in [-0.15, -0.1) is 12.4 Å². The van der Waals surface area contributed by atoms with Crippen LogP contribution in [0.5, 0.6) is 5.75 Å². The van der Waals surface area contributed by atoms with Gasteiger partial charge in [0.2, 0.25) is 0 Å². The van der Waals surface area contributed by atoms with Crippen LogP contribution in [0.4, 0.5) is 0 Å². The summed E-state index contributed by atoms with van der Waals surface area (Å²) in [4.78, 5) is 4.61. The summed E-state index contributed by atoms with van der Waals surface area (Å²) in [6, 6.07) is 15.9. The van der Waals surface area contributed by atoms with Crippen molar-refractivity contribution >= 4 is 52.2 Å². The summed E-state index contributed by atoms with van der Waals surface area (Å²) < 4.78 is 11.4. The van der Waals surface area contributed by atoms with Crippen LogP contribution >= 0.6 is 35.6 Å². The molecule has 0 aliphatic carbocycles. The Kier molecular flexibility index (Phi) is 7.25. The van der Waals surface area contributed by atoms with Crippen molar-refractivity contribution in [1.29, 1.82) is 0 Å². The SMILES string of the molecule is COCCOc1c(C2=NCCN2)cc2ccccc2c1-c1cccc(Cl)c1Cl.Cl. The van der Waals surface area contributed by atoms with E-state index in [2.05, 4.69) is 28.5 Å². The van der Waals surface area contributed by atoms with E-state index in [0.29, 0.717) is 23.3 Å². The molecule has 0 saturated heterocycles. The van der Waals surface area contributed by atoms with Crippen molar-refractivity contribution in [2.24, 2.45) is 4.99 Å². The highest BCUT2D eigenvalue weighted by atomic mass is 35.5. The zero-order chi connectivity index (χ0) is 19.5. The maximum Gasteiger partial charge on any atom is 0.138 e. The number of methoxy groups -OCH3 is 1. The van der Waals surface area contributed by atoms with Crippen molar-refractivity contribution in [2.45, 2.75) is 0 Å². The van der Waals surface area contributed by atoms with E-state index in [4.69, 9.17) is 32.7 Å². The second-order valence-corrected chi connectivity index (χ2v) is 7.23. The Bertz CT molecular complexity index is 1050. The van der Waals surface area contributed by atoms with Crippen molar-refractivity contribution in [3.63, 3.8) is 0 Å². The van der Waals surface area contributed by atoms with E-state index in [1.807, 2.05) is 24.3 Å². The molecule has 0 aromatic heterocycles. The molecule has 0 radical (unpaired) electrons. The first-order valence-corrected chi connectivity index (χ1v) is 9.87. The molecule has 0 saturated carbocycles. The highest BCUT2D eigenvalue weighted by Crippen LogP contribution is 2.44. The van der Waals surface area contributed by atoms with Crippen molar-refractivity contribution in [2.75, 3.05) is 33.4 Å². The summed E-state index contributed by atoms with van der Waals surface area (Å²) >= 11 is 12.9. The predicted octanol–water partition coefficient (Wildman–Crippen LogP) is 5.61. The van der Waals surface area contributed by atoms with Crippen LogP contribution in [0.25, 0.3) is 21.9 Å². The van der Waals surface area contributed by atoms with Gasteiger partial charge >= 0.3 is 0 Å². The number of amidine groups is 1. The Morgan fingerprint density at radius 3 is 2.62 bits per heavy atom. The van der Waals surface area contributed by atoms with E-state index in [1.165, 1.54) is 0 Å². The maximum atomic E-state index is 6.62. The minimum Gasteiger partial charge on any atom is -0.490 e. The van der Waals surface area contributed by atoms with E-state index in [9.17, 15) is 0 Å². The Hall–Kier alpha value is -1.98. The standard InChI is InChI=1S/C22H20Cl2N2O2.ClH/c1-27-11-12-28-21-17(22-25-9-10-26-22)13-14-5-2-3-6-15(14)19(21)16-7-4-8-18(23)20(16)24;/h2-8,13H,9-12H2,1H3,(H,25,26);1H. The van der Waals surface area contributed by atoms with Crippen molar-refractivity contribution in [1.82, 2.24) is 5.32 Å². The number of rotatable bonds is 6. The summed E-state index contributed by atoms with van der Waals surface area (Å²) in [5.41, 5.74) is 2.66. The first-order chi connectivity index (χ1) is 13.7. The number of nitrogens with one attached hydrogen (secondary N) is 1. The summed E-state index contributed by atoms with van der Waals surface area (Å²) in [6.45, 7) is 2.45. The minimum atomic E-state index is 0. The Labute approximate surface area is 186 Å². The first kappa shape index (κ1) is 21.7. The van der Waals surface area contributed by atoms with Crippen LogP contribution < -0.4 is 10.1 Å². The molecule has 1 aliphatic heterocycles. The van der Waals surface area contributed by atoms with Gasteiger partial charge in [0.25, 0.3) is 0 Å². The fourth-order valence-electron chi connectivity index (χ4n) is 3.42. The van der Waals surface area contributed by atoms with E-state index in [0.717, 1.165) is 52.1 Å². The lowest BCUT2D eigenvalue weighted by molar-refractivity contribution is 0.146. The molecular weight excluding hydrogens is 431 g/mol. The van der Waals surface area contributed by atoms with Crippen LogP contribution in [0.15, 0.2) is 53.5 Å². The Morgan fingerprint density at radius 2 is 1.86 bits per heavy atom. The number of nitrogens with zero attached hydrogens (tertiary/aromatic N) is 1. The van der Waals surface area contributed by atoms with Gasteiger partial charge in [0.1, 0.15) is 18.2 Å². The topological polar surface area (TPSA) is 42.9 Å². The molecule has 0 spiro atoms. The quantitative estimate of drug-likeness (QED) is 0.495. The molecule has 0 atom stereocenters. The molecule has 3 aromatic rings. The van der Waals surface area contributed by atoms with Crippen molar-refractivity contribution in [3.8, 4) is 16.9 Å². The van der Waals surface area contributed by atoms with Gasteiger partial charge in [-0.2, -0.15) is 0 Å². The van der Waals surface area contributed by atoms with Gasteiger partial charge in [0, 0.05) is 24.8 Å². The van der Waals surface area contributed by atoms with Crippen molar-refractivity contribution in [3.05, 3.63) is 64.1 Å². The van der Waals surface area contributed by atoms with Gasteiger partial charge in [-0.3, -0.25) is 4.99 Å². The lowest BCUT2D eigenvalue weighted by atomic mass is 9.93. The molecule has 0 fully saturated rings. The fraction of sp³-hybridized carbons (Fsp3) is 0.227. The molecule has 1 aliphatic rings. The third kappa shape index (κ3) is 4.31. The fourth-order valence-corrected chi connectivity index (χ4v) is 3.82. The van der Waals surface area contributed by atoms with E-state index >= 15 is 0 Å². The molecule has 0 amide bonds. The number of hydrogen-bond acceptors (Lipinski definition) is 4. The second-order valence-electron chi connectivity index (χ2n) is 6.45. The number of hydrogen-bond donors (Lipinski definition) is 1. The maximum absolute atomic E-state index is 6.62. The molecule has 3 aromatic carbocycles. The number of benzene rings is 3. The number of aliphatic imine (C=N–C) groups is 1. The average molecular weight is 452 g/mol. The molecule has 29 heavy (non-hydrogen) atoms. The normalized spacial score (nSPS) is 13.0. The van der Waals surface area contributed by atoms with Gasteiger partial charge in [-0.05, 0) is 22.9 Å². The molecule has 152 valence electrons. The lowest BCUT2D eigenvalue weighted by Gasteiger charge is -2.20. The third-order valence-corrected chi connectivity index (χ3v) is 5.50. The largest absolute Gasteiger partial charge is 0.490 e. The zero-order valence-corrected chi connectivity index (χ0v) is 18.2. The highest BCUT2D eigenvalue weighted by Gasteiger charge is 2.23. The number of fused-ring (bicyclic) bond motifs is 1. The Morgan fingerprint density at radius 1 is 1.03 bits per heavy atom. The highest BCUT2D eigenvalue weighted by molar-refractivity contribution is 6.44. The van der Waals surface area contributed by atoms with Gasteiger partial charge in [0.05, 0.1) is 28.8 Å². The van der Waals surface area contributed by atoms with Gasteiger partial charge in [-0.1, -0.05) is 59.6 Å². The molecule has 1 N–H and O–H groups in total. The van der Waals surface area contributed by atoms with Crippen LogP contribution in [0, 0.1) is 0 Å². The van der Waals surface area contributed by atoms with Crippen LogP contribution in [0.3, 0.4) is 0 Å². The summed E-state index contributed by atoms with van der Waals surface area (Å²) in [5.74, 6) is 1.56. The van der Waals surface area contributed by atoms with Gasteiger partial charge in [0.15, 0.2) is 0 Å². The Balaban J connectivity index is 0.00000240. The summed E-state index contributed by atoms with van der Waals surface area (Å²) in [5, 5.41) is 6.49. The molecule has 4 rings (SSSR count). The van der Waals surface area contributed by atoms with Crippen LogP contribution in [-0.2, 0) is 4.74 Å². The van der Waals surface area contributed by atoms with E-state index < -0.39 is 0 Å². The third-order valence-electron chi connectivity index (χ3n) is 4.69. The predicted molar refractivity (Wildman–Crippen MR) is 123 cm³/mol.